The van der Waals surface area contributed by atoms with Crippen LogP contribution in [0.3, 0.4) is 0 Å². The first-order chi connectivity index (χ1) is 10.1. The molecule has 4 bridgehead atoms. The van der Waals surface area contributed by atoms with Gasteiger partial charge in [0, 0.05) is 23.9 Å². The molecule has 3 fully saturated rings. The lowest BCUT2D eigenvalue weighted by atomic mass is 9.39. The fourth-order valence-electron chi connectivity index (χ4n) is 5.92. The zero-order chi connectivity index (χ0) is 14.9. The Hall–Kier alpha value is -1.19. The minimum absolute atomic E-state index is 0.0335. The molecule has 1 heterocycles. The number of ketones is 1. The zero-order valence-electron chi connectivity index (χ0n) is 12.5. The molecule has 6 unspecified atom stereocenters. The summed E-state index contributed by atoms with van der Waals surface area (Å²) in [5.41, 5.74) is -0.336. The van der Waals surface area contributed by atoms with Gasteiger partial charge in [-0.2, -0.15) is 0 Å². The molecule has 0 aromatic carbocycles. The monoisotopic (exact) mass is 286 g/mol. The Balaban J connectivity index is 2.03. The van der Waals surface area contributed by atoms with E-state index in [1.165, 1.54) is 0 Å². The Bertz CT molecular complexity index is 565. The lowest BCUT2D eigenvalue weighted by molar-refractivity contribution is -0.226. The van der Waals surface area contributed by atoms with Crippen LogP contribution in [-0.2, 0) is 14.3 Å². The third-order valence-electron chi connectivity index (χ3n) is 6.61. The van der Waals surface area contributed by atoms with Crippen LogP contribution in [0.4, 0.5) is 0 Å². The van der Waals surface area contributed by atoms with Gasteiger partial charge in [0.2, 0.25) is 5.79 Å². The van der Waals surface area contributed by atoms with E-state index < -0.39 is 5.79 Å². The van der Waals surface area contributed by atoms with Gasteiger partial charge < -0.3 is 9.47 Å². The number of rotatable bonds is 4. The van der Waals surface area contributed by atoms with Crippen molar-refractivity contribution in [3.05, 3.63) is 37.5 Å². The molecule has 0 aromatic rings. The summed E-state index contributed by atoms with van der Waals surface area (Å²) in [5.74, 6) is -1.20. The molecule has 1 saturated heterocycles. The molecule has 1 aliphatic heterocycles. The van der Waals surface area contributed by atoms with E-state index in [1.54, 1.807) is 7.11 Å². The minimum Gasteiger partial charge on any atom is -0.346 e. The van der Waals surface area contributed by atoms with Crippen LogP contribution < -0.4 is 0 Å². The normalized spacial score (nSPS) is 53.0. The SMILES string of the molecule is C=CCC12C3CCCC1(C=C)C1C=CC2C(OC)(O3)C1=O. The van der Waals surface area contributed by atoms with Crippen LogP contribution in [-0.4, -0.2) is 24.8 Å². The van der Waals surface area contributed by atoms with Gasteiger partial charge in [0.15, 0.2) is 5.78 Å². The maximum absolute atomic E-state index is 13.1. The summed E-state index contributed by atoms with van der Waals surface area (Å²) in [7, 11) is 1.60. The van der Waals surface area contributed by atoms with E-state index in [0.717, 1.165) is 25.7 Å². The predicted octanol–water partition coefficient (Wildman–Crippen LogP) is 3.03. The van der Waals surface area contributed by atoms with Crippen LogP contribution in [0.15, 0.2) is 37.5 Å². The lowest BCUT2D eigenvalue weighted by Gasteiger charge is -2.62. The molecule has 4 aliphatic carbocycles. The molecule has 112 valence electrons. The number of hydrogen-bond acceptors (Lipinski definition) is 3. The molecule has 3 heteroatoms. The van der Waals surface area contributed by atoms with Gasteiger partial charge in [-0.1, -0.05) is 24.3 Å². The van der Waals surface area contributed by atoms with E-state index in [4.69, 9.17) is 9.47 Å². The van der Waals surface area contributed by atoms with Gasteiger partial charge in [-0.05, 0) is 25.7 Å². The van der Waals surface area contributed by atoms with Crippen molar-refractivity contribution in [3.63, 3.8) is 0 Å². The van der Waals surface area contributed by atoms with E-state index in [0.29, 0.717) is 0 Å². The molecular formula is C18H22O3. The molecule has 0 amide bonds. The Morgan fingerprint density at radius 2 is 2.29 bits per heavy atom. The Labute approximate surface area is 125 Å². The average molecular weight is 286 g/mol. The molecule has 3 nitrogen and oxygen atoms in total. The Morgan fingerprint density at radius 3 is 2.95 bits per heavy atom. The van der Waals surface area contributed by atoms with E-state index in [-0.39, 0.29) is 34.6 Å². The molecule has 6 atom stereocenters. The lowest BCUT2D eigenvalue weighted by Crippen LogP contribution is -2.67. The molecule has 0 radical (unpaired) electrons. The van der Waals surface area contributed by atoms with E-state index in [9.17, 15) is 4.79 Å². The predicted molar refractivity (Wildman–Crippen MR) is 79.5 cm³/mol. The van der Waals surface area contributed by atoms with Crippen LogP contribution in [0.1, 0.15) is 25.7 Å². The molecule has 0 N–H and O–H groups in total. The molecular weight excluding hydrogens is 264 g/mol. The maximum atomic E-state index is 13.1. The number of allylic oxidation sites excluding steroid dienone is 3. The van der Waals surface area contributed by atoms with Gasteiger partial charge >= 0.3 is 0 Å². The number of carbonyl (C=O) groups is 1. The average Bonchev–Trinajstić information content (AvgIpc) is 2.80. The van der Waals surface area contributed by atoms with E-state index in [2.05, 4.69) is 25.3 Å². The van der Waals surface area contributed by atoms with Gasteiger partial charge in [-0.25, -0.2) is 0 Å². The fraction of sp³-hybridized carbons (Fsp3) is 0.611. The first kappa shape index (κ1) is 13.5. The molecule has 21 heavy (non-hydrogen) atoms. The van der Waals surface area contributed by atoms with Gasteiger partial charge in [0.25, 0.3) is 0 Å². The van der Waals surface area contributed by atoms with Crippen LogP contribution in [0.5, 0.6) is 0 Å². The van der Waals surface area contributed by atoms with Crippen molar-refractivity contribution in [2.24, 2.45) is 22.7 Å². The largest absolute Gasteiger partial charge is 0.346 e. The summed E-state index contributed by atoms with van der Waals surface area (Å²) < 4.78 is 12.0. The standard InChI is InChI=1S/C18H22O3/c1-4-10-17-13-9-8-12-15(19)18(13,20-3)21-14(17)7-6-11-16(12,17)5-2/h4-5,8-9,12-14H,1-2,6-7,10-11H2,3H3. The van der Waals surface area contributed by atoms with E-state index in [1.807, 2.05) is 12.2 Å². The highest BCUT2D eigenvalue weighted by Crippen LogP contribution is 2.74. The maximum Gasteiger partial charge on any atom is 0.236 e. The van der Waals surface area contributed by atoms with Crippen LogP contribution in [0.2, 0.25) is 0 Å². The van der Waals surface area contributed by atoms with Crippen molar-refractivity contribution >= 4 is 5.78 Å². The highest BCUT2D eigenvalue weighted by Gasteiger charge is 2.80. The molecule has 2 saturated carbocycles. The Morgan fingerprint density at radius 1 is 1.48 bits per heavy atom. The minimum atomic E-state index is -1.08. The zero-order valence-corrected chi connectivity index (χ0v) is 12.5. The second-order valence-corrected chi connectivity index (χ2v) is 6.85. The Kier molecular flexibility index (Phi) is 2.54. The van der Waals surface area contributed by atoms with E-state index >= 15 is 0 Å². The van der Waals surface area contributed by atoms with Gasteiger partial charge in [-0.15, -0.1) is 13.2 Å². The molecule has 5 rings (SSSR count). The number of ether oxygens (including phenoxy) is 2. The van der Waals surface area contributed by atoms with Gasteiger partial charge in [0.05, 0.1) is 12.0 Å². The smallest absolute Gasteiger partial charge is 0.236 e. The van der Waals surface area contributed by atoms with Gasteiger partial charge in [-0.3, -0.25) is 4.79 Å². The summed E-state index contributed by atoms with van der Waals surface area (Å²) >= 11 is 0. The third-order valence-corrected chi connectivity index (χ3v) is 6.61. The summed E-state index contributed by atoms with van der Waals surface area (Å²) in [6, 6.07) is 0. The number of methoxy groups -OCH3 is 1. The van der Waals surface area contributed by atoms with Crippen LogP contribution in [0.25, 0.3) is 0 Å². The highest BCUT2D eigenvalue weighted by molar-refractivity contribution is 5.95. The van der Waals surface area contributed by atoms with Crippen LogP contribution in [0, 0.1) is 22.7 Å². The van der Waals surface area contributed by atoms with Crippen molar-refractivity contribution < 1.29 is 14.3 Å². The van der Waals surface area contributed by atoms with Crippen molar-refractivity contribution in [1.29, 1.82) is 0 Å². The summed E-state index contributed by atoms with van der Waals surface area (Å²) in [4.78, 5) is 13.1. The topological polar surface area (TPSA) is 35.5 Å². The van der Waals surface area contributed by atoms with Crippen molar-refractivity contribution in [2.45, 2.75) is 37.6 Å². The van der Waals surface area contributed by atoms with Crippen molar-refractivity contribution in [1.82, 2.24) is 0 Å². The first-order valence-corrected chi connectivity index (χ1v) is 7.83. The molecule has 0 spiro atoms. The van der Waals surface area contributed by atoms with Gasteiger partial charge in [0.1, 0.15) is 0 Å². The quantitative estimate of drug-likeness (QED) is 0.745. The second-order valence-electron chi connectivity index (χ2n) is 6.85. The van der Waals surface area contributed by atoms with Crippen molar-refractivity contribution in [2.75, 3.05) is 7.11 Å². The number of Topliss-reactive ketones (excluding diaryl/α,β-unsaturated/α-hetero) is 1. The summed E-state index contributed by atoms with van der Waals surface area (Å²) in [5, 5.41) is 0. The highest BCUT2D eigenvalue weighted by atomic mass is 16.7. The first-order valence-electron chi connectivity index (χ1n) is 7.83. The number of hydrogen-bond donors (Lipinski definition) is 0. The fourth-order valence-corrected chi connectivity index (χ4v) is 5.92. The third kappa shape index (κ3) is 1.12. The molecule has 0 aromatic heterocycles. The molecule has 5 aliphatic rings. The van der Waals surface area contributed by atoms with Crippen molar-refractivity contribution in [3.8, 4) is 0 Å². The number of carbonyl (C=O) groups excluding carboxylic acids is 1. The summed E-state index contributed by atoms with van der Waals surface area (Å²) in [6.07, 6.45) is 12.2. The summed E-state index contributed by atoms with van der Waals surface area (Å²) in [6.45, 7) is 8.10. The van der Waals surface area contributed by atoms with Crippen LogP contribution >= 0.6 is 0 Å². The second kappa shape index (κ2) is 3.96.